The maximum absolute atomic E-state index is 16.0. The van der Waals surface area contributed by atoms with E-state index in [0.717, 1.165) is 24.5 Å². The molecule has 514 valence electrons. The van der Waals surface area contributed by atoms with Crippen LogP contribution in [-0.4, -0.2) is 167 Å². The van der Waals surface area contributed by atoms with Crippen molar-refractivity contribution in [3.05, 3.63) is 84.1 Å². The minimum atomic E-state index is -4.25. The van der Waals surface area contributed by atoms with Crippen molar-refractivity contribution in [3.8, 4) is 11.6 Å². The Hall–Kier alpha value is -7.06. The van der Waals surface area contributed by atoms with E-state index in [2.05, 4.69) is 36.9 Å². The molecular weight excluding hydrogens is 1270 g/mol. The van der Waals surface area contributed by atoms with Crippen LogP contribution in [0.2, 0.25) is 0 Å². The number of para-hydroxylation sites is 1. The van der Waals surface area contributed by atoms with Gasteiger partial charge in [0.1, 0.15) is 54.5 Å². The van der Waals surface area contributed by atoms with Gasteiger partial charge in [-0.05, 0) is 86.9 Å². The molecule has 8 heterocycles. The van der Waals surface area contributed by atoms with Crippen LogP contribution in [-0.2, 0) is 70.3 Å². The monoisotopic (exact) mass is 1360 g/mol. The molecule has 4 saturated heterocycles. The van der Waals surface area contributed by atoms with Gasteiger partial charge in [0.15, 0.2) is 53.0 Å². The molecule has 9 rings (SSSR count). The number of hydrogen-bond donors (Lipinski definition) is 5. The minimum Gasteiger partial charge on any atom is -0.476 e. The number of esters is 3. The summed E-state index contributed by atoms with van der Waals surface area (Å²) in [5.41, 5.74) is 4.46. The van der Waals surface area contributed by atoms with E-state index in [1.54, 1.807) is 80.5 Å². The first kappa shape index (κ1) is 73.4. The summed E-state index contributed by atoms with van der Waals surface area (Å²) in [6.07, 6.45) is -6.07. The maximum atomic E-state index is 16.0. The lowest BCUT2D eigenvalue weighted by Crippen LogP contribution is -2.51. The Bertz CT molecular complexity index is 3520. The number of anilines is 2. The lowest BCUT2D eigenvalue weighted by Gasteiger charge is -2.35. The second kappa shape index (κ2) is 29.7. The molecule has 0 bridgehead atoms. The number of halogens is 3. The van der Waals surface area contributed by atoms with Crippen LogP contribution >= 0.6 is 15.3 Å². The van der Waals surface area contributed by atoms with Gasteiger partial charge in [0.2, 0.25) is 11.8 Å². The summed E-state index contributed by atoms with van der Waals surface area (Å²) in [5, 5.41) is 15.6. The van der Waals surface area contributed by atoms with E-state index in [0.29, 0.717) is 18.5 Å². The Morgan fingerprint density at radius 1 is 0.860 bits per heavy atom. The van der Waals surface area contributed by atoms with Crippen LogP contribution in [0.5, 0.6) is 11.6 Å². The number of carbonyl (C=O) groups excluding carboxylic acids is 4. The van der Waals surface area contributed by atoms with Crippen LogP contribution in [0.25, 0.3) is 11.2 Å². The van der Waals surface area contributed by atoms with Gasteiger partial charge < -0.3 is 69.0 Å². The lowest BCUT2D eigenvalue weighted by molar-refractivity contribution is -0.165. The summed E-state index contributed by atoms with van der Waals surface area (Å²) in [7, 11) is -7.66. The van der Waals surface area contributed by atoms with E-state index in [1.807, 2.05) is 0 Å². The first-order valence-electron chi connectivity index (χ1n) is 29.9. The Kier molecular flexibility index (Phi) is 23.4. The number of nitrogen functional groups attached to an aromatic ring is 2. The third-order valence-electron chi connectivity index (χ3n) is 14.7. The number of hydrogen-bond acceptors (Lipinski definition) is 26. The molecule has 1 amide bonds. The molecule has 0 aliphatic carbocycles. The van der Waals surface area contributed by atoms with Crippen LogP contribution in [0, 0.1) is 11.8 Å². The highest BCUT2D eigenvalue weighted by Gasteiger charge is 2.62. The predicted octanol–water partition coefficient (Wildman–Crippen LogP) is 6.41. The van der Waals surface area contributed by atoms with E-state index >= 15 is 13.2 Å². The Morgan fingerprint density at radius 2 is 1.52 bits per heavy atom. The summed E-state index contributed by atoms with van der Waals surface area (Å²) >= 11 is 0. The van der Waals surface area contributed by atoms with Gasteiger partial charge in [0, 0.05) is 18.5 Å². The van der Waals surface area contributed by atoms with Crippen LogP contribution in [0.1, 0.15) is 109 Å². The summed E-state index contributed by atoms with van der Waals surface area (Å²) in [6, 6.07) is 8.33. The Balaban J connectivity index is 0.000000200. The van der Waals surface area contributed by atoms with Gasteiger partial charge in [-0.2, -0.15) is 20.0 Å². The lowest BCUT2D eigenvalue weighted by atomic mass is 9.97. The standard InChI is InChI=1S/C23H31FN3O8P.C18H26FN3O6.C17H25FN5O5P/c1-14(2)33-21(30)15(3)26-36(31,35-17-9-7-6-8-10-17)32-13-18-20(29)23(5,24)22(34-18)27-12-11-19(28)25-16(27)4;1-9(2)14(23)26-8-11-13(28-15(24)10(3)4)18(5,19)16(27-11)22-7-6-12(20)21-17(22)25;1-5-25-14-11-13(21-16(19)22-14)23(8-20-11)15-17(4,18)12-10(26-15)6-7-29(24,28-12)27-9(2)3/h6-12,14-15,18,20,22,29H,4,13H2,1-3,5H3,(H,25,28)(H,26,31);6-7,9-11,13,16H,8H2,1-5H3,(H2,20,21,25);8-10,12,15H,5-7H2,1-4H3,(H2,19,21,22)/t15-,18+,20+,22+,23+,36?;11-,13-,16-,18-;10-,12-,15-,17-,29?/m011/s1. The van der Waals surface area contributed by atoms with E-state index in [-0.39, 0.29) is 53.7 Å². The molecule has 1 aromatic carbocycles. The third-order valence-corrected chi connectivity index (χ3v) is 18.4. The molecule has 5 aliphatic rings. The van der Waals surface area contributed by atoms with Crippen molar-refractivity contribution in [2.24, 2.45) is 11.8 Å². The molecule has 7 N–H and O–H groups in total. The zero-order valence-electron chi connectivity index (χ0n) is 53.7. The quantitative estimate of drug-likeness (QED) is 0.0342. The zero-order chi connectivity index (χ0) is 68.9. The first-order chi connectivity index (χ1) is 43.4. The summed E-state index contributed by atoms with van der Waals surface area (Å²) < 4.78 is 137. The molecule has 0 radical (unpaired) electrons. The van der Waals surface area contributed by atoms with Gasteiger partial charge in [-0.15, -0.1) is 0 Å². The molecular formula is C58H82F3N11O19P2. The van der Waals surface area contributed by atoms with Crippen LogP contribution in [0.4, 0.5) is 24.9 Å². The average molecular weight is 1360 g/mol. The Morgan fingerprint density at radius 3 is 2.13 bits per heavy atom. The van der Waals surface area contributed by atoms with Crippen LogP contribution < -0.4 is 36.8 Å². The molecule has 93 heavy (non-hydrogen) atoms. The summed E-state index contributed by atoms with van der Waals surface area (Å²) in [5.74, 6) is -2.75. The first-order valence-corrected chi connectivity index (χ1v) is 33.1. The van der Waals surface area contributed by atoms with Crippen molar-refractivity contribution in [1.29, 1.82) is 0 Å². The molecule has 4 fully saturated rings. The number of benzene rings is 1. The normalized spacial score (nSPS) is 30.0. The number of alkyl halides is 3. The summed E-state index contributed by atoms with van der Waals surface area (Å²) in [6.45, 7) is 23.4. The van der Waals surface area contributed by atoms with Crippen molar-refractivity contribution in [2.45, 2.75) is 187 Å². The molecule has 3 aromatic heterocycles. The highest BCUT2D eigenvalue weighted by Crippen LogP contribution is 2.61. The number of rotatable bonds is 21. The van der Waals surface area contributed by atoms with Crippen molar-refractivity contribution in [3.63, 3.8) is 0 Å². The van der Waals surface area contributed by atoms with Crippen molar-refractivity contribution in [1.82, 2.24) is 44.4 Å². The number of amides is 1. The van der Waals surface area contributed by atoms with Gasteiger partial charge in [0.25, 0.3) is 5.91 Å². The molecule has 15 atom stereocenters. The number of carbonyl (C=O) groups is 4. The molecule has 4 aromatic rings. The number of aliphatic hydroxyl groups excluding tert-OH is 1. The van der Waals surface area contributed by atoms with E-state index < -0.39 is 148 Å². The third kappa shape index (κ3) is 17.3. The molecule has 2 unspecified atom stereocenters. The highest BCUT2D eigenvalue weighted by molar-refractivity contribution is 7.54. The number of nitrogens with two attached hydrogens (primary N) is 2. The van der Waals surface area contributed by atoms with Gasteiger partial charge in [0.05, 0.1) is 55.9 Å². The Labute approximate surface area is 534 Å². The fourth-order valence-electron chi connectivity index (χ4n) is 10.1. The fourth-order valence-corrected chi connectivity index (χ4v) is 13.8. The molecule has 5 aliphatic heterocycles. The van der Waals surface area contributed by atoms with Gasteiger partial charge in [-0.3, -0.25) is 41.9 Å². The van der Waals surface area contributed by atoms with E-state index in [4.69, 9.17) is 62.7 Å². The topological polar surface area (TPSA) is 382 Å². The molecule has 35 heteroatoms. The van der Waals surface area contributed by atoms with Crippen molar-refractivity contribution >= 4 is 62.1 Å². The second-order valence-electron chi connectivity index (χ2n) is 24.0. The number of fused-ring (bicyclic) bond motifs is 2. The van der Waals surface area contributed by atoms with E-state index in [1.165, 1.54) is 60.2 Å². The number of ether oxygens (including phenoxy) is 7. The highest BCUT2D eigenvalue weighted by atomic mass is 31.2. The van der Waals surface area contributed by atoms with E-state index in [9.17, 15) is 38.2 Å². The van der Waals surface area contributed by atoms with Crippen molar-refractivity contribution in [2.75, 3.05) is 37.4 Å². The summed E-state index contributed by atoms with van der Waals surface area (Å²) in [4.78, 5) is 77.1. The molecule has 0 spiro atoms. The number of nitrogens with one attached hydrogen (secondary N) is 2. The van der Waals surface area contributed by atoms with Gasteiger partial charge in [-0.25, -0.2) is 27.5 Å². The molecule has 30 nitrogen and oxygen atoms in total. The number of imidazole rings is 1. The van der Waals surface area contributed by atoms with Crippen LogP contribution in [0.15, 0.2) is 78.4 Å². The largest absolute Gasteiger partial charge is 0.476 e. The smallest absolute Gasteiger partial charge is 0.459 e. The maximum Gasteiger partial charge on any atom is 0.459 e. The van der Waals surface area contributed by atoms with Gasteiger partial charge >= 0.3 is 38.9 Å². The number of nitrogens with zero attached hydrogens (tertiary/aromatic N) is 7. The molecule has 0 saturated carbocycles. The fraction of sp³-hybridized carbons (Fsp3) is 0.603. The second-order valence-corrected chi connectivity index (χ2v) is 27.7. The average Bonchev–Trinajstić information content (AvgIpc) is 1.60. The predicted molar refractivity (Wildman–Crippen MR) is 326 cm³/mol. The number of aromatic nitrogens is 6. The SMILES string of the molecule is C=C1NC(=O)C=CN1[C@@H]1O[C@H](COP(=O)(N[C@@H](C)C(=O)OC(C)C)Oc2ccccc2)[C@@H](O)[C@@]1(C)F.CC(C)C(=O)OC[C@H]1O[C@@H](n2ccc(N)nc2=O)[C@](C)(F)[C@@H]1OC(=O)C(C)C.CCOc1nc(N)nc2c1ncn2[C@@H]1O[C@@H]2CCP(=O)(OC(C)C)O[C@H]2[C@@]1(C)F. The van der Waals surface area contributed by atoms with Crippen molar-refractivity contribution < 1.29 is 97.8 Å². The number of aliphatic hydroxyl groups is 1. The van der Waals surface area contributed by atoms with Gasteiger partial charge in [-0.1, -0.05) is 52.5 Å². The zero-order valence-corrected chi connectivity index (χ0v) is 55.5. The van der Waals surface area contributed by atoms with Crippen LogP contribution in [0.3, 0.4) is 0 Å². The minimum absolute atomic E-state index is 0.0231.